The number of aromatic nitrogens is 4. The molecule has 146 valence electrons. The molecule has 0 saturated carbocycles. The highest BCUT2D eigenvalue weighted by Crippen LogP contribution is 2.39. The molecule has 2 N–H and O–H groups in total. The topological polar surface area (TPSA) is 57.4 Å². The predicted octanol–water partition coefficient (Wildman–Crippen LogP) is 6.74. The summed E-state index contributed by atoms with van der Waals surface area (Å²) in [6.07, 6.45) is 1.66. The SMILES string of the molecule is Cc1ncc(-c2ccc(-c3ccc4c(c3)c3sccc3c3nc(C)[nH]c43)cc2F)[nH]1. The van der Waals surface area contributed by atoms with E-state index in [0.717, 1.165) is 50.0 Å². The van der Waals surface area contributed by atoms with E-state index in [1.165, 1.54) is 4.70 Å². The zero-order valence-electron chi connectivity index (χ0n) is 16.4. The molecule has 0 radical (unpaired) electrons. The van der Waals surface area contributed by atoms with Crippen LogP contribution in [0.3, 0.4) is 0 Å². The molecule has 3 heterocycles. The summed E-state index contributed by atoms with van der Waals surface area (Å²) in [7, 11) is 0. The van der Waals surface area contributed by atoms with Gasteiger partial charge in [-0.2, -0.15) is 0 Å². The zero-order valence-corrected chi connectivity index (χ0v) is 17.2. The van der Waals surface area contributed by atoms with Gasteiger partial charge in [0.1, 0.15) is 17.5 Å². The molecule has 0 spiro atoms. The Morgan fingerprint density at radius 1 is 0.867 bits per heavy atom. The lowest BCUT2D eigenvalue weighted by molar-refractivity contribution is 0.631. The molecule has 0 aliphatic rings. The van der Waals surface area contributed by atoms with Gasteiger partial charge in [0, 0.05) is 26.4 Å². The Kier molecular flexibility index (Phi) is 3.61. The number of thiophene rings is 1. The first-order valence-corrected chi connectivity index (χ1v) is 10.6. The molecule has 30 heavy (non-hydrogen) atoms. The Bertz CT molecular complexity index is 1590. The summed E-state index contributed by atoms with van der Waals surface area (Å²) in [6.45, 7) is 3.83. The lowest BCUT2D eigenvalue weighted by Gasteiger charge is -2.08. The molecule has 0 fully saturated rings. The maximum atomic E-state index is 14.9. The normalized spacial score (nSPS) is 11.8. The maximum Gasteiger partial charge on any atom is 0.133 e. The van der Waals surface area contributed by atoms with E-state index in [2.05, 4.69) is 43.5 Å². The fraction of sp³-hybridized carbons (Fsp3) is 0.0833. The number of fused-ring (bicyclic) bond motifs is 6. The smallest absolute Gasteiger partial charge is 0.133 e. The second kappa shape index (κ2) is 6.24. The van der Waals surface area contributed by atoms with E-state index in [9.17, 15) is 4.39 Å². The van der Waals surface area contributed by atoms with Crippen molar-refractivity contribution in [2.45, 2.75) is 13.8 Å². The Labute approximate surface area is 175 Å². The quantitative estimate of drug-likeness (QED) is 0.331. The Balaban J connectivity index is 1.55. The van der Waals surface area contributed by atoms with Crippen LogP contribution in [-0.4, -0.2) is 19.9 Å². The largest absolute Gasteiger partial charge is 0.342 e. The van der Waals surface area contributed by atoms with Crippen molar-refractivity contribution >= 4 is 43.2 Å². The summed E-state index contributed by atoms with van der Waals surface area (Å²) in [5.74, 6) is 1.40. The van der Waals surface area contributed by atoms with E-state index < -0.39 is 0 Å². The number of nitrogens with zero attached hydrogens (tertiary/aromatic N) is 2. The zero-order chi connectivity index (χ0) is 20.4. The van der Waals surface area contributed by atoms with Crippen LogP contribution in [0.5, 0.6) is 0 Å². The lowest BCUT2D eigenvalue weighted by atomic mass is 9.98. The van der Waals surface area contributed by atoms with Crippen molar-refractivity contribution in [1.82, 2.24) is 19.9 Å². The van der Waals surface area contributed by atoms with Gasteiger partial charge >= 0.3 is 0 Å². The van der Waals surface area contributed by atoms with Crippen LogP contribution >= 0.6 is 11.3 Å². The summed E-state index contributed by atoms with van der Waals surface area (Å²) in [5.41, 5.74) is 5.10. The Hall–Kier alpha value is -3.51. The Morgan fingerprint density at radius 3 is 2.50 bits per heavy atom. The van der Waals surface area contributed by atoms with Gasteiger partial charge in [0.2, 0.25) is 0 Å². The van der Waals surface area contributed by atoms with Gasteiger partial charge in [0.25, 0.3) is 0 Å². The van der Waals surface area contributed by atoms with Crippen molar-refractivity contribution in [3.8, 4) is 22.4 Å². The van der Waals surface area contributed by atoms with Gasteiger partial charge in [0.05, 0.1) is 22.9 Å². The lowest BCUT2D eigenvalue weighted by Crippen LogP contribution is -1.88. The molecule has 6 heteroatoms. The van der Waals surface area contributed by atoms with Gasteiger partial charge in [-0.1, -0.05) is 18.2 Å². The molecular weight excluding hydrogens is 395 g/mol. The summed E-state index contributed by atoms with van der Waals surface area (Å²) in [5, 5.41) is 5.54. The highest BCUT2D eigenvalue weighted by atomic mass is 32.1. The van der Waals surface area contributed by atoms with Crippen molar-refractivity contribution < 1.29 is 4.39 Å². The van der Waals surface area contributed by atoms with Gasteiger partial charge in [-0.3, -0.25) is 0 Å². The fourth-order valence-electron chi connectivity index (χ4n) is 4.19. The predicted molar refractivity (Wildman–Crippen MR) is 121 cm³/mol. The van der Waals surface area contributed by atoms with Crippen LogP contribution in [0.25, 0.3) is 54.3 Å². The van der Waals surface area contributed by atoms with Gasteiger partial charge in [-0.25, -0.2) is 14.4 Å². The molecule has 0 atom stereocenters. The molecule has 3 aromatic heterocycles. The number of benzene rings is 3. The van der Waals surface area contributed by atoms with Crippen molar-refractivity contribution in [1.29, 1.82) is 0 Å². The number of hydrogen-bond acceptors (Lipinski definition) is 3. The van der Waals surface area contributed by atoms with Crippen molar-refractivity contribution in [2.75, 3.05) is 0 Å². The Morgan fingerprint density at radius 2 is 1.70 bits per heavy atom. The molecular formula is C24H17FN4S. The summed E-state index contributed by atoms with van der Waals surface area (Å²) >= 11 is 1.71. The molecule has 4 nitrogen and oxygen atoms in total. The van der Waals surface area contributed by atoms with Crippen LogP contribution in [0.4, 0.5) is 4.39 Å². The van der Waals surface area contributed by atoms with E-state index in [4.69, 9.17) is 0 Å². The summed E-state index contributed by atoms with van der Waals surface area (Å²) < 4.78 is 16.1. The van der Waals surface area contributed by atoms with Crippen LogP contribution in [0.2, 0.25) is 0 Å². The number of aromatic amines is 2. The van der Waals surface area contributed by atoms with Crippen molar-refractivity contribution in [3.63, 3.8) is 0 Å². The van der Waals surface area contributed by atoms with E-state index in [1.54, 1.807) is 23.6 Å². The van der Waals surface area contributed by atoms with E-state index in [1.807, 2.05) is 32.0 Å². The maximum absolute atomic E-state index is 14.9. The van der Waals surface area contributed by atoms with E-state index in [0.29, 0.717) is 11.3 Å². The van der Waals surface area contributed by atoms with Crippen molar-refractivity contribution in [3.05, 3.63) is 71.5 Å². The fourth-order valence-corrected chi connectivity index (χ4v) is 5.11. The molecule has 0 amide bonds. The molecule has 6 aromatic rings. The summed E-state index contributed by atoms with van der Waals surface area (Å²) in [4.78, 5) is 15.4. The third-order valence-electron chi connectivity index (χ3n) is 5.57. The van der Waals surface area contributed by atoms with Crippen LogP contribution in [0.15, 0.2) is 54.0 Å². The molecule has 3 aromatic carbocycles. The number of H-pyrrole nitrogens is 2. The van der Waals surface area contributed by atoms with Gasteiger partial charge in [0.15, 0.2) is 0 Å². The minimum Gasteiger partial charge on any atom is -0.342 e. The third-order valence-corrected chi connectivity index (χ3v) is 6.52. The van der Waals surface area contributed by atoms with Crippen LogP contribution in [-0.2, 0) is 0 Å². The number of hydrogen-bond donors (Lipinski definition) is 2. The minimum absolute atomic E-state index is 0.267. The second-order valence-electron chi connectivity index (χ2n) is 7.55. The molecule has 0 aliphatic carbocycles. The minimum atomic E-state index is -0.267. The monoisotopic (exact) mass is 412 g/mol. The first kappa shape index (κ1) is 17.4. The van der Waals surface area contributed by atoms with Crippen LogP contribution in [0.1, 0.15) is 11.6 Å². The van der Waals surface area contributed by atoms with E-state index >= 15 is 0 Å². The first-order chi connectivity index (χ1) is 14.6. The number of nitrogens with one attached hydrogen (secondary N) is 2. The number of rotatable bonds is 2. The number of halogens is 1. The molecule has 0 unspecified atom stereocenters. The molecule has 0 aliphatic heterocycles. The number of imidazole rings is 2. The third kappa shape index (κ3) is 2.50. The second-order valence-corrected chi connectivity index (χ2v) is 8.46. The first-order valence-electron chi connectivity index (χ1n) is 9.69. The highest BCUT2D eigenvalue weighted by molar-refractivity contribution is 7.18. The van der Waals surface area contributed by atoms with Crippen LogP contribution < -0.4 is 0 Å². The van der Waals surface area contributed by atoms with Gasteiger partial charge in [-0.15, -0.1) is 11.3 Å². The van der Waals surface area contributed by atoms with Gasteiger partial charge in [-0.05, 0) is 54.6 Å². The van der Waals surface area contributed by atoms with Crippen molar-refractivity contribution in [2.24, 2.45) is 0 Å². The van der Waals surface area contributed by atoms with E-state index in [-0.39, 0.29) is 5.82 Å². The molecule has 6 rings (SSSR count). The standard InChI is InChI=1S/C24H17FN4S/c1-12-26-11-21(27-12)17-6-4-15(10-20(17)25)14-3-5-16-19(9-14)24-18(7-8-30-24)23-22(16)28-13(2)29-23/h3-11H,1-2H3,(H,26,27)(H,28,29). The molecule has 0 saturated heterocycles. The van der Waals surface area contributed by atoms with Crippen LogP contribution in [0, 0.1) is 19.7 Å². The average Bonchev–Trinajstić information content (AvgIpc) is 3.46. The van der Waals surface area contributed by atoms with Gasteiger partial charge < -0.3 is 9.97 Å². The summed E-state index contributed by atoms with van der Waals surface area (Å²) in [6, 6.07) is 13.8. The molecule has 0 bridgehead atoms. The average molecular weight is 412 g/mol. The number of aryl methyl sites for hydroxylation is 2. The highest BCUT2D eigenvalue weighted by Gasteiger charge is 2.15.